The van der Waals surface area contributed by atoms with Gasteiger partial charge in [0.2, 0.25) is 5.89 Å². The lowest BCUT2D eigenvalue weighted by atomic mass is 10.1. The van der Waals surface area contributed by atoms with E-state index in [-0.39, 0.29) is 23.2 Å². The van der Waals surface area contributed by atoms with Crippen molar-refractivity contribution < 1.29 is 8.81 Å². The van der Waals surface area contributed by atoms with Crippen molar-refractivity contribution in [1.82, 2.24) is 34.9 Å². The maximum atomic E-state index is 13.6. The molecule has 4 heterocycles. The summed E-state index contributed by atoms with van der Waals surface area (Å²) in [5.41, 5.74) is 6.78. The van der Waals surface area contributed by atoms with Crippen molar-refractivity contribution in [3.8, 4) is 17.3 Å². The number of aromatic nitrogens is 7. The van der Waals surface area contributed by atoms with Crippen molar-refractivity contribution >= 4 is 34.0 Å². The predicted octanol–water partition coefficient (Wildman–Crippen LogP) is 3.74. The van der Waals surface area contributed by atoms with Crippen molar-refractivity contribution in [2.24, 2.45) is 0 Å². The highest BCUT2D eigenvalue weighted by atomic mass is 35.5. The lowest BCUT2D eigenvalue weighted by Gasteiger charge is -2.21. The van der Waals surface area contributed by atoms with Gasteiger partial charge in [-0.1, -0.05) is 23.7 Å². The molecule has 0 amide bonds. The van der Waals surface area contributed by atoms with Crippen LogP contribution < -0.4 is 16.6 Å². The number of nitrogens with zero attached hydrogens (tertiary/aromatic N) is 6. The number of nitrogen functional groups attached to an aromatic ring is 1. The summed E-state index contributed by atoms with van der Waals surface area (Å²) >= 11 is 6.35. The van der Waals surface area contributed by atoms with Gasteiger partial charge in [-0.2, -0.15) is 5.10 Å². The number of halogens is 2. The van der Waals surface area contributed by atoms with Crippen LogP contribution >= 0.6 is 11.6 Å². The van der Waals surface area contributed by atoms with E-state index >= 15 is 0 Å². The third kappa shape index (κ3) is 3.97. The smallest absolute Gasteiger partial charge is 0.266 e. The van der Waals surface area contributed by atoms with Crippen molar-refractivity contribution in [2.45, 2.75) is 26.6 Å². The van der Waals surface area contributed by atoms with Gasteiger partial charge in [0, 0.05) is 13.0 Å². The Kier molecular flexibility index (Phi) is 5.65. The number of fused-ring (bicyclic) bond motifs is 1. The molecule has 35 heavy (non-hydrogen) atoms. The number of benzene rings is 1. The van der Waals surface area contributed by atoms with Crippen LogP contribution in [0.3, 0.4) is 0 Å². The van der Waals surface area contributed by atoms with Gasteiger partial charge in [-0.05, 0) is 24.4 Å². The fourth-order valence-corrected chi connectivity index (χ4v) is 4.09. The minimum absolute atomic E-state index is 0.140. The minimum Gasteiger partial charge on any atom is -0.421 e. The molecule has 0 radical (unpaired) electrons. The summed E-state index contributed by atoms with van der Waals surface area (Å²) in [4.78, 5) is 21.9. The maximum absolute atomic E-state index is 13.6. The Hall–Kier alpha value is -4.32. The van der Waals surface area contributed by atoms with Gasteiger partial charge < -0.3 is 15.5 Å². The van der Waals surface area contributed by atoms with Crippen LogP contribution in [0.4, 0.5) is 16.0 Å². The lowest BCUT2D eigenvalue weighted by Crippen LogP contribution is -2.26. The molecule has 178 valence electrons. The number of nitrogens with one attached hydrogen (secondary N) is 2. The van der Waals surface area contributed by atoms with Crippen LogP contribution in [-0.4, -0.2) is 34.9 Å². The molecule has 0 saturated carbocycles. The monoisotopic (exact) mass is 495 g/mol. The molecule has 5 aromatic rings. The zero-order chi connectivity index (χ0) is 24.7. The van der Waals surface area contributed by atoms with Crippen molar-refractivity contribution in [3.63, 3.8) is 0 Å². The molecule has 13 heteroatoms. The number of aryl methyl sites for hydroxylation is 1. The number of anilines is 2. The van der Waals surface area contributed by atoms with E-state index in [1.54, 1.807) is 25.1 Å². The van der Waals surface area contributed by atoms with Gasteiger partial charge in [0.15, 0.2) is 5.82 Å². The van der Waals surface area contributed by atoms with Gasteiger partial charge in [-0.15, -0.1) is 10.2 Å². The minimum atomic E-state index is -0.758. The van der Waals surface area contributed by atoms with E-state index < -0.39 is 18.3 Å². The zero-order valence-corrected chi connectivity index (χ0v) is 19.3. The first-order valence-electron chi connectivity index (χ1n) is 10.5. The summed E-state index contributed by atoms with van der Waals surface area (Å²) in [5.74, 6) is 1.19. The van der Waals surface area contributed by atoms with Crippen LogP contribution in [0, 0.1) is 6.92 Å². The molecule has 0 saturated heterocycles. The number of alkyl halides is 1. The van der Waals surface area contributed by atoms with Crippen LogP contribution in [0.2, 0.25) is 5.02 Å². The molecule has 0 aliphatic carbocycles. The molecule has 0 fully saturated rings. The summed E-state index contributed by atoms with van der Waals surface area (Å²) < 4.78 is 20.1. The molecule has 0 bridgehead atoms. The quantitative estimate of drug-likeness (QED) is 0.319. The molecule has 0 aliphatic heterocycles. The Bertz CT molecular complexity index is 1610. The molecular formula is C22H19ClFN9O2. The van der Waals surface area contributed by atoms with E-state index in [1.807, 2.05) is 13.0 Å². The van der Waals surface area contributed by atoms with Gasteiger partial charge in [0.25, 0.3) is 11.4 Å². The largest absolute Gasteiger partial charge is 0.421 e. The van der Waals surface area contributed by atoms with E-state index in [2.05, 4.69) is 35.7 Å². The third-order valence-electron chi connectivity index (χ3n) is 5.43. The zero-order valence-electron chi connectivity index (χ0n) is 18.6. The second-order valence-electron chi connectivity index (χ2n) is 7.77. The Morgan fingerprint density at radius 2 is 2.11 bits per heavy atom. The molecule has 0 aliphatic rings. The normalized spacial score (nSPS) is 12.2. The lowest BCUT2D eigenvalue weighted by molar-refractivity contribution is 0.475. The standard InChI is InChI=1S/C22H19ClFN9O2/c1-10(28-20-18(19(25)26-9-27-20)21-32-29-11(2)35-21)15-6-12-4-3-5-14(23)17(12)22(34)33(15)16-7-13(8-24)30-31-16/h3-7,9-10H,8H2,1-2H3,(H,30,31)(H3,25,26,27,28). The fraction of sp³-hybridized carbons (Fsp3) is 0.182. The van der Waals surface area contributed by atoms with E-state index in [4.69, 9.17) is 21.8 Å². The summed E-state index contributed by atoms with van der Waals surface area (Å²) in [6.07, 6.45) is 1.30. The molecule has 4 aromatic heterocycles. The van der Waals surface area contributed by atoms with Crippen LogP contribution in [0.15, 0.2) is 45.9 Å². The Morgan fingerprint density at radius 3 is 2.83 bits per heavy atom. The van der Waals surface area contributed by atoms with Crippen LogP contribution in [0.1, 0.15) is 30.2 Å². The van der Waals surface area contributed by atoms with Gasteiger partial charge in [0.1, 0.15) is 30.2 Å². The summed E-state index contributed by atoms with van der Waals surface area (Å²) in [6, 6.07) is 7.94. The first-order valence-corrected chi connectivity index (χ1v) is 10.9. The number of aromatic amines is 1. The van der Waals surface area contributed by atoms with Crippen LogP contribution in [0.25, 0.3) is 28.0 Å². The Labute approximate surface area is 202 Å². The first-order chi connectivity index (χ1) is 16.9. The second-order valence-corrected chi connectivity index (χ2v) is 8.18. The molecule has 4 N–H and O–H groups in total. The molecule has 0 spiro atoms. The van der Waals surface area contributed by atoms with Gasteiger partial charge in [0.05, 0.1) is 27.8 Å². The summed E-state index contributed by atoms with van der Waals surface area (Å²) in [6.45, 7) is 2.72. The first kappa shape index (κ1) is 22.5. The molecule has 1 atom stereocenters. The molecule has 1 unspecified atom stereocenters. The highest BCUT2D eigenvalue weighted by Gasteiger charge is 2.23. The van der Waals surface area contributed by atoms with Crippen molar-refractivity contribution in [2.75, 3.05) is 11.1 Å². The second kappa shape index (κ2) is 8.80. The van der Waals surface area contributed by atoms with Crippen molar-refractivity contribution in [1.29, 1.82) is 0 Å². The number of nitrogens with two attached hydrogens (primary N) is 1. The molecule has 1 aromatic carbocycles. The predicted molar refractivity (Wildman–Crippen MR) is 128 cm³/mol. The van der Waals surface area contributed by atoms with E-state index in [1.165, 1.54) is 17.0 Å². The highest BCUT2D eigenvalue weighted by Crippen LogP contribution is 2.33. The van der Waals surface area contributed by atoms with E-state index in [9.17, 15) is 9.18 Å². The van der Waals surface area contributed by atoms with Crippen LogP contribution in [0.5, 0.6) is 0 Å². The van der Waals surface area contributed by atoms with Gasteiger partial charge in [-0.25, -0.2) is 14.4 Å². The number of hydrogen-bond acceptors (Lipinski definition) is 9. The Morgan fingerprint density at radius 1 is 1.29 bits per heavy atom. The van der Waals surface area contributed by atoms with Crippen LogP contribution in [-0.2, 0) is 6.67 Å². The van der Waals surface area contributed by atoms with Crippen molar-refractivity contribution in [3.05, 3.63) is 69.3 Å². The summed E-state index contributed by atoms with van der Waals surface area (Å²) in [5, 5.41) is 19.1. The fourth-order valence-electron chi connectivity index (χ4n) is 3.82. The number of pyridine rings is 1. The average Bonchev–Trinajstić information content (AvgIpc) is 3.48. The third-order valence-corrected chi connectivity index (χ3v) is 5.74. The Balaban J connectivity index is 1.67. The number of H-pyrrole nitrogens is 1. The number of rotatable bonds is 6. The topological polar surface area (TPSA) is 153 Å². The highest BCUT2D eigenvalue weighted by molar-refractivity contribution is 6.35. The molecule has 11 nitrogen and oxygen atoms in total. The SMILES string of the molecule is Cc1nnc(-c2c(N)ncnc2NC(C)c2cc3cccc(Cl)c3c(=O)n2-c2cc(CF)[nH]n2)o1. The molecular weight excluding hydrogens is 477 g/mol. The van der Waals surface area contributed by atoms with Gasteiger partial charge >= 0.3 is 0 Å². The summed E-state index contributed by atoms with van der Waals surface area (Å²) in [7, 11) is 0. The maximum Gasteiger partial charge on any atom is 0.266 e. The van der Waals surface area contributed by atoms with Gasteiger partial charge in [-0.3, -0.25) is 14.5 Å². The molecule has 5 rings (SSSR count). The van der Waals surface area contributed by atoms with E-state index in [0.29, 0.717) is 38.8 Å². The van der Waals surface area contributed by atoms with E-state index in [0.717, 1.165) is 0 Å². The number of hydrogen-bond donors (Lipinski definition) is 3. The average molecular weight is 496 g/mol.